The molecule has 0 aromatic heterocycles. The molecule has 0 radical (unpaired) electrons. The molecule has 1 aromatic carbocycles. The van der Waals surface area contributed by atoms with E-state index in [2.05, 4.69) is 60.2 Å². The highest BCUT2D eigenvalue weighted by Crippen LogP contribution is 2.23. The van der Waals surface area contributed by atoms with Crippen molar-refractivity contribution in [3.63, 3.8) is 0 Å². The molecule has 0 aliphatic rings. The molecule has 0 unspecified atom stereocenters. The molecule has 1 N–H and O–H groups in total. The summed E-state index contributed by atoms with van der Waals surface area (Å²) in [4.78, 5) is 0. The lowest BCUT2D eigenvalue weighted by Crippen LogP contribution is -2.10. The van der Waals surface area contributed by atoms with Gasteiger partial charge in [0, 0.05) is 16.2 Å². The topological polar surface area (TPSA) is 12.0 Å². The number of halogens is 1. The van der Waals surface area contributed by atoms with Crippen molar-refractivity contribution in [3.8, 4) is 0 Å². The fraction of sp³-hybridized carbons (Fsp3) is 0.400. The maximum absolute atomic E-state index is 3.50. The van der Waals surface area contributed by atoms with Crippen LogP contribution in [-0.4, -0.2) is 6.04 Å². The Kier molecular flexibility index (Phi) is 3.15. The van der Waals surface area contributed by atoms with Crippen LogP contribution in [0, 0.1) is 6.92 Å². The van der Waals surface area contributed by atoms with E-state index in [-0.39, 0.29) is 0 Å². The zero-order valence-corrected chi connectivity index (χ0v) is 9.27. The molecule has 1 aromatic rings. The van der Waals surface area contributed by atoms with E-state index >= 15 is 0 Å². The van der Waals surface area contributed by atoms with Crippen molar-refractivity contribution in [1.29, 1.82) is 0 Å². The maximum atomic E-state index is 3.50. The first-order valence-electron chi connectivity index (χ1n) is 4.12. The van der Waals surface area contributed by atoms with Gasteiger partial charge in [-0.25, -0.2) is 0 Å². The summed E-state index contributed by atoms with van der Waals surface area (Å²) < 4.78 is 1.13. The highest BCUT2D eigenvalue weighted by atomic mass is 79.9. The quantitative estimate of drug-likeness (QED) is 0.815. The Morgan fingerprint density at radius 2 is 2.00 bits per heavy atom. The molecule has 0 saturated heterocycles. The zero-order valence-electron chi connectivity index (χ0n) is 7.69. The van der Waals surface area contributed by atoms with Crippen LogP contribution in [0.15, 0.2) is 22.7 Å². The second kappa shape index (κ2) is 3.94. The fourth-order valence-electron chi connectivity index (χ4n) is 1.06. The summed E-state index contributed by atoms with van der Waals surface area (Å²) in [7, 11) is 0. The number of hydrogen-bond acceptors (Lipinski definition) is 1. The number of benzene rings is 1. The van der Waals surface area contributed by atoms with Gasteiger partial charge in [-0.05, 0) is 54.4 Å². The van der Waals surface area contributed by atoms with Crippen molar-refractivity contribution in [2.75, 3.05) is 5.32 Å². The SMILES string of the molecule is Cc1ccc(Br)c(NC(C)C)c1. The van der Waals surface area contributed by atoms with Crippen molar-refractivity contribution < 1.29 is 0 Å². The summed E-state index contributed by atoms with van der Waals surface area (Å²) in [6.45, 7) is 6.36. The van der Waals surface area contributed by atoms with Crippen LogP contribution in [0.2, 0.25) is 0 Å². The van der Waals surface area contributed by atoms with E-state index in [1.165, 1.54) is 11.3 Å². The molecule has 1 rings (SSSR count). The van der Waals surface area contributed by atoms with Crippen LogP contribution in [0.4, 0.5) is 5.69 Å². The van der Waals surface area contributed by atoms with Crippen LogP contribution >= 0.6 is 15.9 Å². The van der Waals surface area contributed by atoms with Gasteiger partial charge < -0.3 is 5.32 Å². The van der Waals surface area contributed by atoms with Gasteiger partial charge in [-0.2, -0.15) is 0 Å². The summed E-state index contributed by atoms with van der Waals surface area (Å²) in [5, 5.41) is 3.37. The highest BCUT2D eigenvalue weighted by molar-refractivity contribution is 9.10. The molecule has 0 aliphatic heterocycles. The first-order valence-corrected chi connectivity index (χ1v) is 4.91. The normalized spacial score (nSPS) is 10.4. The predicted octanol–water partition coefficient (Wildman–Crippen LogP) is 3.58. The molecule has 0 atom stereocenters. The Morgan fingerprint density at radius 1 is 1.33 bits per heavy atom. The molecule has 0 amide bonds. The molecule has 0 bridgehead atoms. The van der Waals surface area contributed by atoms with Gasteiger partial charge in [0.05, 0.1) is 0 Å². The Balaban J connectivity index is 2.90. The van der Waals surface area contributed by atoms with Crippen LogP contribution in [-0.2, 0) is 0 Å². The Hall–Kier alpha value is -0.500. The molecule has 0 aliphatic carbocycles. The Morgan fingerprint density at radius 3 is 2.58 bits per heavy atom. The summed E-state index contributed by atoms with van der Waals surface area (Å²) in [5.74, 6) is 0. The molecular formula is C10H14BrN. The number of anilines is 1. The molecule has 12 heavy (non-hydrogen) atoms. The van der Waals surface area contributed by atoms with Crippen molar-refractivity contribution in [2.45, 2.75) is 26.8 Å². The van der Waals surface area contributed by atoms with Crippen molar-refractivity contribution in [1.82, 2.24) is 0 Å². The Labute approximate surface area is 82.3 Å². The third-order valence-electron chi connectivity index (χ3n) is 1.57. The summed E-state index contributed by atoms with van der Waals surface area (Å²) in [6, 6.07) is 6.78. The molecule has 1 nitrogen and oxygen atoms in total. The average Bonchev–Trinajstić information content (AvgIpc) is 1.96. The third-order valence-corrected chi connectivity index (χ3v) is 2.26. The van der Waals surface area contributed by atoms with E-state index in [1.54, 1.807) is 0 Å². The Bertz CT molecular complexity index is 269. The van der Waals surface area contributed by atoms with Crippen LogP contribution in [0.25, 0.3) is 0 Å². The minimum absolute atomic E-state index is 0.475. The lowest BCUT2D eigenvalue weighted by molar-refractivity contribution is 0.898. The largest absolute Gasteiger partial charge is 0.382 e. The smallest absolute Gasteiger partial charge is 0.0489 e. The minimum Gasteiger partial charge on any atom is -0.382 e. The predicted molar refractivity (Wildman–Crippen MR) is 57.6 cm³/mol. The monoisotopic (exact) mass is 227 g/mol. The molecule has 2 heteroatoms. The summed E-state index contributed by atoms with van der Waals surface area (Å²) in [6.07, 6.45) is 0. The maximum Gasteiger partial charge on any atom is 0.0489 e. The molecule has 0 spiro atoms. The van der Waals surface area contributed by atoms with Gasteiger partial charge in [-0.15, -0.1) is 0 Å². The number of nitrogens with one attached hydrogen (secondary N) is 1. The van der Waals surface area contributed by atoms with Gasteiger partial charge in [-0.1, -0.05) is 6.07 Å². The van der Waals surface area contributed by atoms with E-state index in [9.17, 15) is 0 Å². The molecule has 0 saturated carbocycles. The molecule has 66 valence electrons. The second-order valence-electron chi connectivity index (χ2n) is 3.28. The van der Waals surface area contributed by atoms with Gasteiger partial charge in [-0.3, -0.25) is 0 Å². The van der Waals surface area contributed by atoms with Crippen LogP contribution in [0.3, 0.4) is 0 Å². The molecular weight excluding hydrogens is 214 g/mol. The average molecular weight is 228 g/mol. The lowest BCUT2D eigenvalue weighted by Gasteiger charge is -2.12. The number of rotatable bonds is 2. The van der Waals surface area contributed by atoms with Crippen molar-refractivity contribution >= 4 is 21.6 Å². The molecule has 0 fully saturated rings. The first-order chi connectivity index (χ1) is 5.59. The minimum atomic E-state index is 0.475. The van der Waals surface area contributed by atoms with E-state index < -0.39 is 0 Å². The highest BCUT2D eigenvalue weighted by Gasteiger charge is 2.00. The van der Waals surface area contributed by atoms with Crippen molar-refractivity contribution in [2.24, 2.45) is 0 Å². The van der Waals surface area contributed by atoms with Gasteiger partial charge in [0.25, 0.3) is 0 Å². The van der Waals surface area contributed by atoms with E-state index in [0.717, 1.165) is 4.47 Å². The summed E-state index contributed by atoms with van der Waals surface area (Å²) in [5.41, 5.74) is 2.45. The fourth-order valence-corrected chi connectivity index (χ4v) is 1.42. The van der Waals surface area contributed by atoms with E-state index in [4.69, 9.17) is 0 Å². The number of aryl methyl sites for hydroxylation is 1. The first kappa shape index (κ1) is 9.59. The van der Waals surface area contributed by atoms with E-state index in [0.29, 0.717) is 6.04 Å². The summed E-state index contributed by atoms with van der Waals surface area (Å²) >= 11 is 3.50. The van der Waals surface area contributed by atoms with Gasteiger partial charge in [0.15, 0.2) is 0 Å². The van der Waals surface area contributed by atoms with Crippen LogP contribution < -0.4 is 5.32 Å². The van der Waals surface area contributed by atoms with Gasteiger partial charge >= 0.3 is 0 Å². The second-order valence-corrected chi connectivity index (χ2v) is 4.14. The standard InChI is InChI=1S/C10H14BrN/c1-7(2)12-10-6-8(3)4-5-9(10)11/h4-7,12H,1-3H3. The third kappa shape index (κ3) is 2.52. The lowest BCUT2D eigenvalue weighted by atomic mass is 10.2. The van der Waals surface area contributed by atoms with Gasteiger partial charge in [0.2, 0.25) is 0 Å². The van der Waals surface area contributed by atoms with Crippen LogP contribution in [0.1, 0.15) is 19.4 Å². The van der Waals surface area contributed by atoms with Crippen molar-refractivity contribution in [3.05, 3.63) is 28.2 Å². The molecule has 0 heterocycles. The zero-order chi connectivity index (χ0) is 9.14. The van der Waals surface area contributed by atoms with E-state index in [1.807, 2.05) is 0 Å². The van der Waals surface area contributed by atoms with Gasteiger partial charge in [0.1, 0.15) is 0 Å². The number of hydrogen-bond donors (Lipinski definition) is 1. The van der Waals surface area contributed by atoms with Crippen LogP contribution in [0.5, 0.6) is 0 Å².